The zero-order valence-corrected chi connectivity index (χ0v) is 21.9. The van der Waals surface area contributed by atoms with Crippen molar-refractivity contribution in [1.82, 2.24) is 5.43 Å². The van der Waals surface area contributed by atoms with Crippen LogP contribution in [0.25, 0.3) is 0 Å². The predicted octanol–water partition coefficient (Wildman–Crippen LogP) is 4.79. The minimum atomic E-state index is -3.74. The maximum absolute atomic E-state index is 12.5. The lowest BCUT2D eigenvalue weighted by Gasteiger charge is -2.09. The Kier molecular flexibility index (Phi) is 8.37. The molecule has 0 fully saturated rings. The van der Waals surface area contributed by atoms with Crippen molar-refractivity contribution in [3.05, 3.63) is 119 Å². The number of hydrogen-bond donors (Lipinski definition) is 2. The number of methoxy groups -OCH3 is 1. The van der Waals surface area contributed by atoms with Crippen LogP contribution in [-0.2, 0) is 10.0 Å². The number of amides is 1. The highest BCUT2D eigenvalue weighted by Gasteiger charge is 2.14. The zero-order valence-electron chi connectivity index (χ0n) is 21.1. The normalized spacial score (nSPS) is 11.1. The quantitative estimate of drug-likeness (QED) is 0.135. The predicted molar refractivity (Wildman–Crippen MR) is 148 cm³/mol. The Morgan fingerprint density at radius 3 is 1.97 bits per heavy atom. The van der Waals surface area contributed by atoms with E-state index in [-0.39, 0.29) is 4.90 Å². The van der Waals surface area contributed by atoms with Gasteiger partial charge >= 0.3 is 5.97 Å². The number of carbonyl (C=O) groups is 2. The van der Waals surface area contributed by atoms with Crippen LogP contribution in [-0.4, -0.2) is 33.6 Å². The van der Waals surface area contributed by atoms with Crippen molar-refractivity contribution in [1.29, 1.82) is 0 Å². The van der Waals surface area contributed by atoms with E-state index in [2.05, 4.69) is 15.2 Å². The molecule has 0 saturated carbocycles. The van der Waals surface area contributed by atoms with Gasteiger partial charge in [0.25, 0.3) is 15.9 Å². The summed E-state index contributed by atoms with van der Waals surface area (Å²) >= 11 is 0. The molecule has 0 atom stereocenters. The molecule has 4 aromatic rings. The molecule has 0 spiro atoms. The van der Waals surface area contributed by atoms with E-state index in [1.807, 2.05) is 6.92 Å². The molecule has 9 nitrogen and oxygen atoms in total. The molecule has 0 unspecified atom stereocenters. The molecule has 0 aliphatic rings. The third-order valence-electron chi connectivity index (χ3n) is 5.53. The van der Waals surface area contributed by atoms with Crippen molar-refractivity contribution in [3.8, 4) is 11.5 Å². The van der Waals surface area contributed by atoms with E-state index < -0.39 is 21.9 Å². The van der Waals surface area contributed by atoms with Gasteiger partial charge in [0.15, 0.2) is 0 Å². The maximum atomic E-state index is 12.5. The first-order valence-corrected chi connectivity index (χ1v) is 13.2. The van der Waals surface area contributed by atoms with Gasteiger partial charge in [0.1, 0.15) is 11.5 Å². The Labute approximate surface area is 226 Å². The van der Waals surface area contributed by atoms with Crippen molar-refractivity contribution in [2.75, 3.05) is 11.8 Å². The number of aryl methyl sites for hydroxylation is 1. The van der Waals surface area contributed by atoms with E-state index in [1.165, 1.54) is 42.6 Å². The molecule has 39 heavy (non-hydrogen) atoms. The van der Waals surface area contributed by atoms with Crippen LogP contribution in [0.1, 0.15) is 31.8 Å². The third kappa shape index (κ3) is 7.30. The Bertz CT molecular complexity index is 1580. The highest BCUT2D eigenvalue weighted by molar-refractivity contribution is 7.92. The molecule has 0 aromatic heterocycles. The van der Waals surface area contributed by atoms with E-state index in [1.54, 1.807) is 67.8 Å². The van der Waals surface area contributed by atoms with Crippen molar-refractivity contribution in [2.24, 2.45) is 5.10 Å². The summed E-state index contributed by atoms with van der Waals surface area (Å²) in [5.41, 5.74) is 5.05. The average Bonchev–Trinajstić information content (AvgIpc) is 2.94. The fraction of sp³-hybridized carbons (Fsp3) is 0.0690. The summed E-state index contributed by atoms with van der Waals surface area (Å²) in [4.78, 5) is 24.8. The number of rotatable bonds is 9. The molecule has 4 aromatic carbocycles. The molecule has 0 heterocycles. The number of carbonyl (C=O) groups excluding carboxylic acids is 2. The van der Waals surface area contributed by atoms with E-state index in [0.29, 0.717) is 33.9 Å². The minimum Gasteiger partial charge on any atom is -0.497 e. The van der Waals surface area contributed by atoms with Gasteiger partial charge in [0, 0.05) is 11.3 Å². The van der Waals surface area contributed by atoms with Crippen molar-refractivity contribution in [2.45, 2.75) is 11.8 Å². The van der Waals surface area contributed by atoms with Gasteiger partial charge in [-0.15, -0.1) is 0 Å². The van der Waals surface area contributed by atoms with Crippen LogP contribution in [0.4, 0.5) is 5.69 Å². The molecule has 0 radical (unpaired) electrons. The molecule has 4 rings (SSSR count). The van der Waals surface area contributed by atoms with E-state index in [0.717, 1.165) is 5.56 Å². The Balaban J connectivity index is 1.29. The summed E-state index contributed by atoms with van der Waals surface area (Å²) in [5.74, 6) is 0.0280. The molecular weight excluding hydrogens is 518 g/mol. The van der Waals surface area contributed by atoms with Gasteiger partial charge < -0.3 is 9.47 Å². The first-order valence-electron chi connectivity index (χ1n) is 11.7. The molecular formula is C29H25N3O6S. The Morgan fingerprint density at radius 2 is 1.36 bits per heavy atom. The number of sulfonamides is 1. The summed E-state index contributed by atoms with van der Waals surface area (Å²) in [6.07, 6.45) is 1.44. The fourth-order valence-corrected chi connectivity index (χ4v) is 4.42. The van der Waals surface area contributed by atoms with Crippen LogP contribution in [0.5, 0.6) is 11.5 Å². The van der Waals surface area contributed by atoms with Gasteiger partial charge in [-0.3, -0.25) is 9.52 Å². The topological polar surface area (TPSA) is 123 Å². The van der Waals surface area contributed by atoms with Crippen LogP contribution in [0, 0.1) is 6.92 Å². The smallest absolute Gasteiger partial charge is 0.343 e. The second-order valence-corrected chi connectivity index (χ2v) is 10.1. The molecule has 0 aliphatic carbocycles. The standard InChI is InChI=1S/C29H25N3O6S/c1-20-3-17-27(18-4-20)39(35,36)32-24-11-7-22(8-12-24)28(33)31-30-19-21-5-13-26(14-6-21)38-29(34)23-9-15-25(37-2)16-10-23/h3-19,32H,1-2H3,(H,31,33). The molecule has 0 bridgehead atoms. The van der Waals surface area contributed by atoms with Crippen molar-refractivity contribution < 1.29 is 27.5 Å². The molecule has 2 N–H and O–H groups in total. The highest BCUT2D eigenvalue weighted by atomic mass is 32.2. The Morgan fingerprint density at radius 1 is 0.769 bits per heavy atom. The maximum Gasteiger partial charge on any atom is 0.343 e. The van der Waals surface area contributed by atoms with E-state index in [9.17, 15) is 18.0 Å². The number of nitrogens with zero attached hydrogens (tertiary/aromatic N) is 1. The summed E-state index contributed by atoms with van der Waals surface area (Å²) in [7, 11) is -2.20. The van der Waals surface area contributed by atoms with Gasteiger partial charge in [0.2, 0.25) is 0 Å². The second-order valence-electron chi connectivity index (χ2n) is 8.38. The summed E-state index contributed by atoms with van der Waals surface area (Å²) < 4.78 is 38.0. The number of anilines is 1. The number of nitrogens with one attached hydrogen (secondary N) is 2. The van der Waals surface area contributed by atoms with Crippen LogP contribution < -0.4 is 19.6 Å². The monoisotopic (exact) mass is 543 g/mol. The molecule has 1 amide bonds. The van der Waals surface area contributed by atoms with Crippen LogP contribution in [0.3, 0.4) is 0 Å². The first kappa shape index (κ1) is 27.1. The number of ether oxygens (including phenoxy) is 2. The van der Waals surface area contributed by atoms with Gasteiger partial charge in [0.05, 0.1) is 23.8 Å². The van der Waals surface area contributed by atoms with Crippen LogP contribution >= 0.6 is 0 Å². The fourth-order valence-electron chi connectivity index (χ4n) is 3.37. The lowest BCUT2D eigenvalue weighted by molar-refractivity contribution is 0.0734. The molecule has 0 saturated heterocycles. The average molecular weight is 544 g/mol. The third-order valence-corrected chi connectivity index (χ3v) is 6.92. The number of esters is 1. The van der Waals surface area contributed by atoms with E-state index in [4.69, 9.17) is 9.47 Å². The Hall–Kier alpha value is -4.96. The number of hydrazone groups is 1. The van der Waals surface area contributed by atoms with Gasteiger partial charge in [-0.05, 0) is 97.4 Å². The SMILES string of the molecule is COc1ccc(C(=O)Oc2ccc(C=NNC(=O)c3ccc(NS(=O)(=O)c4ccc(C)cc4)cc3)cc2)cc1. The number of benzene rings is 4. The lowest BCUT2D eigenvalue weighted by Crippen LogP contribution is -2.18. The van der Waals surface area contributed by atoms with Crippen molar-refractivity contribution in [3.63, 3.8) is 0 Å². The number of hydrogen-bond acceptors (Lipinski definition) is 7. The van der Waals surface area contributed by atoms with E-state index >= 15 is 0 Å². The minimum absolute atomic E-state index is 0.146. The van der Waals surface area contributed by atoms with Crippen LogP contribution in [0.15, 0.2) is 107 Å². The summed E-state index contributed by atoms with van der Waals surface area (Å²) in [6, 6.07) is 25.6. The van der Waals surface area contributed by atoms with Gasteiger partial charge in [-0.1, -0.05) is 17.7 Å². The molecule has 198 valence electrons. The highest BCUT2D eigenvalue weighted by Crippen LogP contribution is 2.18. The first-order chi connectivity index (χ1) is 18.7. The van der Waals surface area contributed by atoms with Crippen LogP contribution in [0.2, 0.25) is 0 Å². The van der Waals surface area contributed by atoms with Gasteiger partial charge in [-0.2, -0.15) is 5.10 Å². The lowest BCUT2D eigenvalue weighted by atomic mass is 10.2. The summed E-state index contributed by atoms with van der Waals surface area (Å²) in [5, 5.41) is 3.95. The van der Waals surface area contributed by atoms with Gasteiger partial charge in [-0.25, -0.2) is 18.6 Å². The van der Waals surface area contributed by atoms with Crippen molar-refractivity contribution >= 4 is 33.8 Å². The molecule has 0 aliphatic heterocycles. The summed E-state index contributed by atoms with van der Waals surface area (Å²) in [6.45, 7) is 1.87. The largest absolute Gasteiger partial charge is 0.497 e. The molecule has 10 heteroatoms. The zero-order chi connectivity index (χ0) is 27.8. The second kappa shape index (κ2) is 12.1.